The number of rotatable bonds is 4. The molecule has 1 aliphatic rings. The third-order valence-electron chi connectivity index (χ3n) is 5.99. The van der Waals surface area contributed by atoms with Gasteiger partial charge in [-0.2, -0.15) is 42.0 Å². The van der Waals surface area contributed by atoms with Crippen molar-refractivity contribution in [2.45, 2.75) is 6.42 Å². The maximum Gasteiger partial charge on any atom is -0.172 e. The number of hydrogen-bond acceptors (Lipinski definition) is 0. The van der Waals surface area contributed by atoms with E-state index in [1.165, 1.54) is 66.4 Å². The van der Waals surface area contributed by atoms with E-state index in [0.717, 1.165) is 12.0 Å². The van der Waals surface area contributed by atoms with E-state index in [1.807, 2.05) is 48.6 Å². The van der Waals surface area contributed by atoms with Crippen LogP contribution in [-0.4, -0.2) is 3.21 Å². The summed E-state index contributed by atoms with van der Waals surface area (Å²) >= 11 is 1.46. The molecule has 0 saturated heterocycles. The minimum absolute atomic E-state index is 0. The molecular formula is C35H28Cl2Zr-2. The number of hydrogen-bond donors (Lipinski definition) is 0. The average molecular weight is 611 g/mol. The Morgan fingerprint density at radius 2 is 1.26 bits per heavy atom. The molecule has 1 aliphatic carbocycles. The van der Waals surface area contributed by atoms with Crippen LogP contribution in [0.5, 0.6) is 0 Å². The molecule has 0 atom stereocenters. The molecule has 6 rings (SSSR count). The van der Waals surface area contributed by atoms with Gasteiger partial charge in [0, 0.05) is 0 Å². The molecule has 0 unspecified atom stereocenters. The Morgan fingerprint density at radius 1 is 0.711 bits per heavy atom. The van der Waals surface area contributed by atoms with Crippen LogP contribution in [0.4, 0.5) is 0 Å². The molecule has 3 heteroatoms. The van der Waals surface area contributed by atoms with Gasteiger partial charge in [-0.15, -0.1) is 23.8 Å². The summed E-state index contributed by atoms with van der Waals surface area (Å²) in [5.41, 5.74) is 10.2. The quantitative estimate of drug-likeness (QED) is 0.270. The van der Waals surface area contributed by atoms with Crippen molar-refractivity contribution in [3.05, 3.63) is 174 Å². The van der Waals surface area contributed by atoms with Gasteiger partial charge >= 0.3 is 99.2 Å². The zero-order valence-corrected chi connectivity index (χ0v) is 25.0. The van der Waals surface area contributed by atoms with E-state index < -0.39 is 0 Å². The summed E-state index contributed by atoms with van der Waals surface area (Å²) in [4.78, 5) is 0. The maximum absolute atomic E-state index is 3.82. The maximum atomic E-state index is 3.82. The Kier molecular flexibility index (Phi) is 13.2. The second-order valence-electron chi connectivity index (χ2n) is 8.40. The monoisotopic (exact) mass is 608 g/mol. The Hall–Kier alpha value is -2.96. The van der Waals surface area contributed by atoms with Crippen molar-refractivity contribution in [3.8, 4) is 11.1 Å². The van der Waals surface area contributed by atoms with Crippen LogP contribution in [0.15, 0.2) is 134 Å². The molecule has 0 heterocycles. The van der Waals surface area contributed by atoms with Gasteiger partial charge < -0.3 is 24.8 Å². The van der Waals surface area contributed by atoms with Gasteiger partial charge in [-0.1, -0.05) is 42.0 Å². The molecule has 0 spiro atoms. The van der Waals surface area contributed by atoms with Crippen LogP contribution in [0.25, 0.3) is 23.3 Å². The predicted molar refractivity (Wildman–Crippen MR) is 152 cm³/mol. The van der Waals surface area contributed by atoms with Gasteiger partial charge in [-0.05, 0) is 12.0 Å². The third kappa shape index (κ3) is 8.27. The summed E-state index contributed by atoms with van der Waals surface area (Å²) in [6.07, 6.45) is 4.74. The molecule has 38 heavy (non-hydrogen) atoms. The van der Waals surface area contributed by atoms with Gasteiger partial charge in [0.05, 0.1) is 0 Å². The fourth-order valence-corrected chi connectivity index (χ4v) is 4.88. The second kappa shape index (κ2) is 16.1. The molecule has 0 fully saturated rings. The SMILES string of the molecule is C=Cc1c[c-]c2c(c1)-c1cc(C=C)ccc1C2.[Cl-].[Cl-].[Zr+2]=[C](c1ccccc1)c1ccccc1.c1cc[cH-]c1. The molecule has 188 valence electrons. The van der Waals surface area contributed by atoms with E-state index in [9.17, 15) is 0 Å². The van der Waals surface area contributed by atoms with E-state index in [-0.39, 0.29) is 24.8 Å². The van der Waals surface area contributed by atoms with Crippen molar-refractivity contribution in [2.75, 3.05) is 0 Å². The topological polar surface area (TPSA) is 0 Å². The largest absolute Gasteiger partial charge is 0.214 e. The van der Waals surface area contributed by atoms with Crippen LogP contribution < -0.4 is 24.8 Å². The molecule has 0 bridgehead atoms. The molecule has 0 amide bonds. The van der Waals surface area contributed by atoms with Gasteiger partial charge in [0.1, 0.15) is 0 Å². The number of benzene rings is 4. The van der Waals surface area contributed by atoms with E-state index in [0.29, 0.717) is 0 Å². The van der Waals surface area contributed by atoms with Crippen LogP contribution in [0.1, 0.15) is 33.4 Å². The Morgan fingerprint density at radius 3 is 1.76 bits per heavy atom. The molecule has 0 N–H and O–H groups in total. The molecule has 0 saturated carbocycles. The summed E-state index contributed by atoms with van der Waals surface area (Å²) in [5.74, 6) is 0. The van der Waals surface area contributed by atoms with Crippen LogP contribution >= 0.6 is 0 Å². The van der Waals surface area contributed by atoms with E-state index in [2.05, 4.69) is 104 Å². The van der Waals surface area contributed by atoms with E-state index >= 15 is 0 Å². The minimum atomic E-state index is 0. The molecule has 5 aromatic carbocycles. The first-order chi connectivity index (χ1) is 17.7. The van der Waals surface area contributed by atoms with E-state index in [1.54, 1.807) is 0 Å². The van der Waals surface area contributed by atoms with Crippen LogP contribution in [0.2, 0.25) is 0 Å². The summed E-state index contributed by atoms with van der Waals surface area (Å²) in [7, 11) is 0. The first-order valence-corrected chi connectivity index (χ1v) is 13.2. The van der Waals surface area contributed by atoms with Gasteiger partial charge in [0.25, 0.3) is 0 Å². The van der Waals surface area contributed by atoms with Crippen LogP contribution in [0, 0.1) is 6.07 Å². The zero-order valence-electron chi connectivity index (χ0n) is 21.1. The summed E-state index contributed by atoms with van der Waals surface area (Å²) in [5, 5.41) is 0. The Balaban J connectivity index is 0.000000219. The second-order valence-corrected chi connectivity index (χ2v) is 9.63. The molecule has 0 aliphatic heterocycles. The third-order valence-corrected chi connectivity index (χ3v) is 7.41. The summed E-state index contributed by atoms with van der Waals surface area (Å²) in [6, 6.07) is 45.2. The predicted octanol–water partition coefficient (Wildman–Crippen LogP) is 2.56. The molecule has 5 aromatic rings. The van der Waals surface area contributed by atoms with Crippen LogP contribution in [-0.2, 0) is 30.7 Å². The van der Waals surface area contributed by atoms with Gasteiger partial charge in [-0.25, -0.2) is 12.1 Å². The van der Waals surface area contributed by atoms with Crippen molar-refractivity contribution in [2.24, 2.45) is 0 Å². The van der Waals surface area contributed by atoms with Crippen molar-refractivity contribution < 1.29 is 49.0 Å². The smallest absolute Gasteiger partial charge is 0.172 e. The fourth-order valence-electron chi connectivity index (χ4n) is 4.06. The number of halogens is 2. The van der Waals surface area contributed by atoms with Crippen molar-refractivity contribution >= 4 is 15.4 Å². The normalized spacial score (nSPS) is 9.95. The standard InChI is InChI=1S/C17H13.C13H10.C5H5.2ClH.Zr/c1-3-12-5-7-14-11-15-8-6-13(4-2)10-17(15)16(14)9-12;1-3-7-12(8-4-1)11-13-9-5-2-6-10-13;1-2-4-5-3-1;;;/h3-7,9-10H,1-2,11H2;1-10H;1-5H;2*1H;/q-1;;-1;;;+2/p-2. The van der Waals surface area contributed by atoms with Gasteiger partial charge in [-0.3, -0.25) is 0 Å². The van der Waals surface area contributed by atoms with Gasteiger partial charge in [0.15, 0.2) is 0 Å². The fraction of sp³-hybridized carbons (Fsp3) is 0.0286. The summed E-state index contributed by atoms with van der Waals surface area (Å²) in [6.45, 7) is 7.63. The summed E-state index contributed by atoms with van der Waals surface area (Å²) < 4.78 is 1.42. The first-order valence-electron chi connectivity index (χ1n) is 12.0. The first kappa shape index (κ1) is 31.3. The van der Waals surface area contributed by atoms with E-state index in [4.69, 9.17) is 0 Å². The van der Waals surface area contributed by atoms with Gasteiger partial charge in [0.2, 0.25) is 0 Å². The Bertz CT molecular complexity index is 1320. The van der Waals surface area contributed by atoms with Crippen molar-refractivity contribution in [1.82, 2.24) is 0 Å². The van der Waals surface area contributed by atoms with Crippen molar-refractivity contribution in [3.63, 3.8) is 0 Å². The minimum Gasteiger partial charge on any atom is -0.214 e. The van der Waals surface area contributed by atoms with Crippen LogP contribution in [0.3, 0.4) is 0 Å². The number of fused-ring (bicyclic) bond motifs is 3. The molecule has 0 aromatic heterocycles. The molecule has 0 nitrogen and oxygen atoms in total. The Labute approximate surface area is 254 Å². The zero-order chi connectivity index (χ0) is 25.2. The average Bonchev–Trinajstić information content (AvgIpc) is 3.65. The molecule has 0 radical (unpaired) electrons. The molecular weight excluding hydrogens is 583 g/mol. The van der Waals surface area contributed by atoms with Crippen molar-refractivity contribution in [1.29, 1.82) is 0 Å².